The Morgan fingerprint density at radius 3 is 2.52 bits per heavy atom. The van der Waals surface area contributed by atoms with Crippen LogP contribution in [-0.4, -0.2) is 57.8 Å². The largest absolute Gasteiger partial charge is 0.481 e. The zero-order valence-electron chi connectivity index (χ0n) is 17.6. The predicted molar refractivity (Wildman–Crippen MR) is 112 cm³/mol. The molecule has 7 heteroatoms. The lowest BCUT2D eigenvalue weighted by Gasteiger charge is -2.40. The van der Waals surface area contributed by atoms with Crippen molar-refractivity contribution in [2.24, 2.45) is 13.0 Å². The summed E-state index contributed by atoms with van der Waals surface area (Å²) in [5.74, 6) is -1.27. The molecule has 1 aliphatic rings. The first-order chi connectivity index (χ1) is 13.8. The van der Waals surface area contributed by atoms with Crippen LogP contribution in [0.4, 0.5) is 5.69 Å². The molecule has 29 heavy (non-hydrogen) atoms. The molecule has 7 nitrogen and oxygen atoms in total. The second-order valence-electron chi connectivity index (χ2n) is 8.03. The van der Waals surface area contributed by atoms with E-state index in [1.165, 1.54) is 0 Å². The Hall–Kier alpha value is -2.67. The van der Waals surface area contributed by atoms with E-state index in [1.54, 1.807) is 22.8 Å². The molecule has 1 fully saturated rings. The van der Waals surface area contributed by atoms with E-state index in [1.807, 2.05) is 56.3 Å². The molecule has 0 bridgehead atoms. The minimum Gasteiger partial charge on any atom is -0.481 e. The van der Waals surface area contributed by atoms with Crippen molar-refractivity contribution >= 4 is 17.6 Å². The Kier molecular flexibility index (Phi) is 6.37. The summed E-state index contributed by atoms with van der Waals surface area (Å²) in [5.41, 5.74) is 3.01. The molecule has 0 aliphatic carbocycles. The molecule has 0 radical (unpaired) electrons. The number of benzene rings is 1. The van der Waals surface area contributed by atoms with Crippen LogP contribution >= 0.6 is 0 Å². The number of aromatic nitrogens is 2. The fourth-order valence-corrected chi connectivity index (χ4v) is 4.17. The molecule has 3 unspecified atom stereocenters. The van der Waals surface area contributed by atoms with E-state index in [4.69, 9.17) is 0 Å². The first-order valence-electron chi connectivity index (χ1n) is 10.1. The number of rotatable bonds is 6. The van der Waals surface area contributed by atoms with Gasteiger partial charge in [-0.3, -0.25) is 19.2 Å². The van der Waals surface area contributed by atoms with E-state index >= 15 is 0 Å². The van der Waals surface area contributed by atoms with Crippen molar-refractivity contribution in [3.63, 3.8) is 0 Å². The van der Waals surface area contributed by atoms with Crippen molar-refractivity contribution in [2.45, 2.75) is 38.6 Å². The monoisotopic (exact) mass is 398 g/mol. The maximum atomic E-state index is 13.3. The van der Waals surface area contributed by atoms with Crippen molar-refractivity contribution in [3.05, 3.63) is 47.8 Å². The van der Waals surface area contributed by atoms with Crippen LogP contribution in [0, 0.1) is 12.8 Å². The number of aryl methyl sites for hydroxylation is 2. The van der Waals surface area contributed by atoms with Crippen LogP contribution in [0.25, 0.3) is 0 Å². The Morgan fingerprint density at radius 1 is 1.28 bits per heavy atom. The van der Waals surface area contributed by atoms with Crippen LogP contribution in [0.1, 0.15) is 36.8 Å². The molecule has 1 saturated heterocycles. The molecular weight excluding hydrogens is 368 g/mol. The van der Waals surface area contributed by atoms with E-state index in [0.717, 1.165) is 16.8 Å². The van der Waals surface area contributed by atoms with E-state index in [2.05, 4.69) is 5.10 Å². The second-order valence-corrected chi connectivity index (χ2v) is 8.03. The highest BCUT2D eigenvalue weighted by molar-refractivity contribution is 5.96. The summed E-state index contributed by atoms with van der Waals surface area (Å²) in [6, 6.07) is 7.49. The molecular formula is C22H30N4O3. The number of amides is 1. The van der Waals surface area contributed by atoms with E-state index in [0.29, 0.717) is 25.9 Å². The number of carboxylic acids is 1. The molecule has 3 rings (SSSR count). The Balaban J connectivity index is 1.82. The molecule has 156 valence electrons. The summed E-state index contributed by atoms with van der Waals surface area (Å²) >= 11 is 0. The van der Waals surface area contributed by atoms with Crippen LogP contribution in [0.2, 0.25) is 0 Å². The zero-order valence-corrected chi connectivity index (χ0v) is 17.6. The molecule has 2 aromatic rings. The lowest BCUT2D eigenvalue weighted by atomic mass is 9.84. The highest BCUT2D eigenvalue weighted by Gasteiger charge is 2.38. The lowest BCUT2D eigenvalue weighted by Crippen LogP contribution is -2.53. The molecule has 0 spiro atoms. The molecule has 1 aromatic carbocycles. The average molecular weight is 399 g/mol. The third kappa shape index (κ3) is 4.67. The van der Waals surface area contributed by atoms with Gasteiger partial charge in [0.15, 0.2) is 0 Å². The Morgan fingerprint density at radius 2 is 1.97 bits per heavy atom. The lowest BCUT2D eigenvalue weighted by molar-refractivity contribution is -0.145. The molecule has 1 amide bonds. The molecule has 3 atom stereocenters. The highest BCUT2D eigenvalue weighted by atomic mass is 16.4. The second kappa shape index (κ2) is 8.78. The van der Waals surface area contributed by atoms with Crippen LogP contribution in [-0.2, 0) is 16.6 Å². The van der Waals surface area contributed by atoms with Gasteiger partial charge in [-0.05, 0) is 37.5 Å². The van der Waals surface area contributed by atoms with Gasteiger partial charge in [-0.25, -0.2) is 0 Å². The number of aliphatic carboxylic acids is 1. The Bertz CT molecular complexity index is 861. The number of piperidine rings is 1. The van der Waals surface area contributed by atoms with Crippen molar-refractivity contribution in [1.82, 2.24) is 14.7 Å². The van der Waals surface area contributed by atoms with Gasteiger partial charge in [-0.15, -0.1) is 0 Å². The van der Waals surface area contributed by atoms with Crippen molar-refractivity contribution in [1.29, 1.82) is 0 Å². The van der Waals surface area contributed by atoms with Gasteiger partial charge >= 0.3 is 5.97 Å². The van der Waals surface area contributed by atoms with Gasteiger partial charge in [-0.1, -0.05) is 24.6 Å². The van der Waals surface area contributed by atoms with Crippen molar-refractivity contribution in [2.75, 3.05) is 25.0 Å². The number of anilines is 1. The van der Waals surface area contributed by atoms with Gasteiger partial charge in [0.2, 0.25) is 5.91 Å². The summed E-state index contributed by atoms with van der Waals surface area (Å²) in [6.45, 7) is 5.04. The topological polar surface area (TPSA) is 78.7 Å². The normalized spacial score (nSPS) is 21.0. The summed E-state index contributed by atoms with van der Waals surface area (Å²) in [6.07, 6.45) is 4.93. The number of carboxylic acid groups (broad SMARTS) is 1. The fraction of sp³-hybridized carbons (Fsp3) is 0.500. The summed E-state index contributed by atoms with van der Waals surface area (Å²) in [4.78, 5) is 28.8. The number of likely N-dealkylation sites (N-methyl/N-ethyl adjacent to an activating group) is 1. The summed E-state index contributed by atoms with van der Waals surface area (Å²) in [7, 11) is 3.64. The minimum absolute atomic E-state index is 0.00710. The van der Waals surface area contributed by atoms with E-state index in [9.17, 15) is 14.7 Å². The van der Waals surface area contributed by atoms with Gasteiger partial charge in [0.1, 0.15) is 0 Å². The van der Waals surface area contributed by atoms with Crippen LogP contribution in [0.15, 0.2) is 36.7 Å². The van der Waals surface area contributed by atoms with Gasteiger partial charge < -0.3 is 10.0 Å². The van der Waals surface area contributed by atoms with Gasteiger partial charge in [0.05, 0.1) is 18.2 Å². The first-order valence-corrected chi connectivity index (χ1v) is 10.1. The van der Waals surface area contributed by atoms with Gasteiger partial charge in [-0.2, -0.15) is 5.10 Å². The predicted octanol–water partition coefficient (Wildman–Crippen LogP) is 2.66. The number of carbonyl (C=O) groups excluding carboxylic acids is 1. The molecule has 1 N–H and O–H groups in total. The SMILES string of the molecule is CCC(C(=O)N(C)c1ccc(C)cc1)N1CC(C(=O)O)CC(c2cnn(C)c2)C1. The maximum Gasteiger partial charge on any atom is 0.307 e. The zero-order chi connectivity index (χ0) is 21.1. The fourth-order valence-electron chi connectivity index (χ4n) is 4.17. The van der Waals surface area contributed by atoms with Crippen LogP contribution in [0.5, 0.6) is 0 Å². The maximum absolute atomic E-state index is 13.3. The first kappa shape index (κ1) is 21.0. The third-order valence-corrected chi connectivity index (χ3v) is 5.89. The number of likely N-dealkylation sites (tertiary alicyclic amines) is 1. The minimum atomic E-state index is -0.808. The Labute approximate surface area is 171 Å². The number of hydrogen-bond acceptors (Lipinski definition) is 4. The summed E-state index contributed by atoms with van der Waals surface area (Å²) < 4.78 is 1.73. The standard InChI is InChI=1S/C22H30N4O3/c1-5-20(21(27)25(4)19-8-6-15(2)7-9-19)26-13-16(10-17(14-26)22(28)29)18-11-23-24(3)12-18/h6-9,11-12,16-17,20H,5,10,13-14H2,1-4H3,(H,28,29). The summed E-state index contributed by atoms with van der Waals surface area (Å²) in [5, 5.41) is 13.9. The molecule has 0 saturated carbocycles. The quantitative estimate of drug-likeness (QED) is 0.809. The number of carbonyl (C=O) groups is 2. The van der Waals surface area contributed by atoms with Crippen molar-refractivity contribution in [3.8, 4) is 0 Å². The molecule has 1 aliphatic heterocycles. The smallest absolute Gasteiger partial charge is 0.307 e. The number of nitrogens with zero attached hydrogens (tertiary/aromatic N) is 4. The van der Waals surface area contributed by atoms with E-state index < -0.39 is 11.9 Å². The molecule has 2 heterocycles. The van der Waals surface area contributed by atoms with Crippen LogP contribution in [0.3, 0.4) is 0 Å². The van der Waals surface area contributed by atoms with Gasteiger partial charge in [0, 0.05) is 45.0 Å². The van der Waals surface area contributed by atoms with Crippen LogP contribution < -0.4 is 4.90 Å². The average Bonchev–Trinajstić information content (AvgIpc) is 3.14. The van der Waals surface area contributed by atoms with E-state index in [-0.39, 0.29) is 17.9 Å². The van der Waals surface area contributed by atoms with Crippen molar-refractivity contribution < 1.29 is 14.7 Å². The third-order valence-electron chi connectivity index (χ3n) is 5.89. The molecule has 1 aromatic heterocycles. The highest BCUT2D eigenvalue weighted by Crippen LogP contribution is 2.32. The number of hydrogen-bond donors (Lipinski definition) is 1. The van der Waals surface area contributed by atoms with Gasteiger partial charge in [0.25, 0.3) is 0 Å².